The van der Waals surface area contributed by atoms with Gasteiger partial charge in [-0.1, -0.05) is 0 Å². The Morgan fingerprint density at radius 2 is 2.09 bits per heavy atom. The van der Waals surface area contributed by atoms with Crippen LogP contribution in [0.3, 0.4) is 0 Å². The van der Waals surface area contributed by atoms with E-state index < -0.39 is 24.2 Å². The number of hydrogen-bond acceptors (Lipinski definition) is 8. The van der Waals surface area contributed by atoms with Crippen LogP contribution in [0.4, 0.5) is 15.9 Å². The number of carbonyl (C=O) groups is 2. The van der Waals surface area contributed by atoms with Gasteiger partial charge in [0.25, 0.3) is 5.91 Å². The molecule has 1 aliphatic rings. The van der Waals surface area contributed by atoms with Crippen LogP contribution in [0.15, 0.2) is 29.9 Å². The third-order valence-corrected chi connectivity index (χ3v) is 6.16. The van der Waals surface area contributed by atoms with Gasteiger partial charge in [0.05, 0.1) is 24.2 Å². The number of thiazole rings is 1. The number of nitrogens with one attached hydrogen (secondary N) is 2. The summed E-state index contributed by atoms with van der Waals surface area (Å²) in [4.78, 5) is 32.6. The minimum absolute atomic E-state index is 0.103. The van der Waals surface area contributed by atoms with E-state index in [0.717, 1.165) is 5.56 Å². The quantitative estimate of drug-likeness (QED) is 0.518. The second-order valence-corrected chi connectivity index (χ2v) is 8.61. The predicted octanol–water partition coefficient (Wildman–Crippen LogP) is 2.67. The average Bonchev–Trinajstić information content (AvgIpc) is 3.37. The van der Waals surface area contributed by atoms with E-state index in [9.17, 15) is 14.0 Å². The Hall–Kier alpha value is -3.22. The van der Waals surface area contributed by atoms with Crippen molar-refractivity contribution in [3.8, 4) is 10.6 Å². The fourth-order valence-corrected chi connectivity index (χ4v) is 4.34. The van der Waals surface area contributed by atoms with Crippen molar-refractivity contribution in [1.29, 1.82) is 0 Å². The summed E-state index contributed by atoms with van der Waals surface area (Å²) in [5.41, 5.74) is 7.92. The van der Waals surface area contributed by atoms with Gasteiger partial charge in [-0.15, -0.1) is 11.3 Å². The van der Waals surface area contributed by atoms with E-state index in [1.165, 1.54) is 24.5 Å². The summed E-state index contributed by atoms with van der Waals surface area (Å²) in [5, 5.41) is 11.9. The van der Waals surface area contributed by atoms with E-state index in [1.54, 1.807) is 35.4 Å². The summed E-state index contributed by atoms with van der Waals surface area (Å²) >= 11 is 1.30. The van der Waals surface area contributed by atoms with Crippen LogP contribution in [-0.2, 0) is 16.6 Å². The number of anilines is 2. The van der Waals surface area contributed by atoms with Gasteiger partial charge in [0.1, 0.15) is 28.8 Å². The second-order valence-electron chi connectivity index (χ2n) is 7.75. The van der Waals surface area contributed by atoms with Gasteiger partial charge < -0.3 is 21.1 Å². The maximum absolute atomic E-state index is 13.9. The van der Waals surface area contributed by atoms with Crippen LogP contribution in [0, 0.1) is 0 Å². The number of rotatable bonds is 5. The minimum atomic E-state index is -1.23. The zero-order chi connectivity index (χ0) is 23.5. The molecule has 2 amide bonds. The van der Waals surface area contributed by atoms with Crippen molar-refractivity contribution in [3.05, 3.63) is 41.3 Å². The molecular formula is C21H24FN7O3S. The SMILES string of the molecule is CC(=O)Nc1ccc(-c2nc(C(=O)Nc3cnn(C)c3[C@@H]3CC[C@@H](N)[C@H](F)CO3)cs2)cn1. The number of aryl methyl sites for hydroxylation is 1. The molecule has 0 unspecified atom stereocenters. The van der Waals surface area contributed by atoms with E-state index in [4.69, 9.17) is 10.5 Å². The van der Waals surface area contributed by atoms with E-state index in [1.807, 2.05) is 0 Å². The highest BCUT2D eigenvalue weighted by Gasteiger charge is 2.30. The number of aromatic nitrogens is 4. The molecule has 3 aromatic heterocycles. The lowest BCUT2D eigenvalue weighted by Crippen LogP contribution is -2.32. The van der Waals surface area contributed by atoms with Crippen molar-refractivity contribution in [3.63, 3.8) is 0 Å². The minimum Gasteiger partial charge on any atom is -0.369 e. The molecule has 1 fully saturated rings. The summed E-state index contributed by atoms with van der Waals surface area (Å²) in [6.07, 6.45) is 2.44. The molecule has 1 aliphatic heterocycles. The Kier molecular flexibility index (Phi) is 6.77. The third kappa shape index (κ3) is 5.24. The number of pyridine rings is 1. The zero-order valence-corrected chi connectivity index (χ0v) is 18.9. The molecule has 3 atom stereocenters. The summed E-state index contributed by atoms with van der Waals surface area (Å²) in [6.45, 7) is 1.30. The molecule has 4 rings (SSSR count). The molecule has 33 heavy (non-hydrogen) atoms. The first-order chi connectivity index (χ1) is 15.8. The maximum atomic E-state index is 13.9. The van der Waals surface area contributed by atoms with E-state index in [0.29, 0.717) is 35.0 Å². The van der Waals surface area contributed by atoms with Crippen molar-refractivity contribution in [2.45, 2.75) is 38.1 Å². The van der Waals surface area contributed by atoms with Gasteiger partial charge in [-0.25, -0.2) is 14.4 Å². The number of nitrogens with two attached hydrogens (primary N) is 1. The van der Waals surface area contributed by atoms with Gasteiger partial charge in [0.15, 0.2) is 0 Å². The lowest BCUT2D eigenvalue weighted by Gasteiger charge is -2.17. The van der Waals surface area contributed by atoms with Crippen molar-refractivity contribution < 1.29 is 18.7 Å². The van der Waals surface area contributed by atoms with Crippen LogP contribution in [-0.4, -0.2) is 50.4 Å². The molecule has 0 radical (unpaired) electrons. The maximum Gasteiger partial charge on any atom is 0.275 e. The number of amides is 2. The fraction of sp³-hybridized carbons (Fsp3) is 0.381. The van der Waals surface area contributed by atoms with E-state index in [2.05, 4.69) is 25.7 Å². The molecule has 0 aliphatic carbocycles. The van der Waals surface area contributed by atoms with Crippen molar-refractivity contribution in [2.75, 3.05) is 17.2 Å². The molecule has 4 heterocycles. The molecule has 0 bridgehead atoms. The number of hydrogen-bond donors (Lipinski definition) is 3. The summed E-state index contributed by atoms with van der Waals surface area (Å²) in [5.74, 6) is -0.172. The van der Waals surface area contributed by atoms with Crippen LogP contribution in [0.5, 0.6) is 0 Å². The number of ether oxygens (including phenoxy) is 1. The molecule has 174 valence electrons. The molecule has 12 heteroatoms. The van der Waals surface area contributed by atoms with Crippen LogP contribution in [0.2, 0.25) is 0 Å². The summed E-state index contributed by atoms with van der Waals surface area (Å²) in [6, 6.07) is 2.86. The molecule has 4 N–H and O–H groups in total. The fourth-order valence-electron chi connectivity index (χ4n) is 3.55. The second kappa shape index (κ2) is 9.73. The first-order valence-electron chi connectivity index (χ1n) is 10.4. The number of carbonyl (C=O) groups excluding carboxylic acids is 2. The molecule has 0 spiro atoms. The average molecular weight is 474 g/mol. The molecular weight excluding hydrogens is 449 g/mol. The van der Waals surface area contributed by atoms with Gasteiger partial charge in [-0.2, -0.15) is 5.10 Å². The van der Waals surface area contributed by atoms with Crippen LogP contribution in [0.1, 0.15) is 42.1 Å². The monoisotopic (exact) mass is 473 g/mol. The zero-order valence-electron chi connectivity index (χ0n) is 18.1. The Bertz CT molecular complexity index is 1140. The summed E-state index contributed by atoms with van der Waals surface area (Å²) < 4.78 is 21.3. The molecule has 0 saturated carbocycles. The largest absolute Gasteiger partial charge is 0.369 e. The van der Waals surface area contributed by atoms with Crippen molar-refractivity contribution >= 4 is 34.7 Å². The highest BCUT2D eigenvalue weighted by atomic mass is 32.1. The Balaban J connectivity index is 1.48. The lowest BCUT2D eigenvalue weighted by atomic mass is 10.0. The van der Waals surface area contributed by atoms with Gasteiger partial charge >= 0.3 is 0 Å². The predicted molar refractivity (Wildman–Crippen MR) is 122 cm³/mol. The Morgan fingerprint density at radius 1 is 1.27 bits per heavy atom. The van der Waals surface area contributed by atoms with Gasteiger partial charge in [-0.05, 0) is 25.0 Å². The van der Waals surface area contributed by atoms with Gasteiger partial charge in [-0.3, -0.25) is 14.3 Å². The first kappa shape index (κ1) is 23.0. The standard InChI is InChI=1S/C21H24FN7O3S/c1-11(30)26-18-6-3-12(7-24-18)21-28-16(10-33-21)20(31)27-15-8-25-29(2)19(15)17-5-4-14(23)13(22)9-32-17/h3,6-8,10,13-14,17H,4-5,9,23H2,1-2H3,(H,27,31)(H,24,26,30)/t13-,14-,17+/m1/s1. The van der Waals surface area contributed by atoms with Crippen LogP contribution < -0.4 is 16.4 Å². The first-order valence-corrected chi connectivity index (χ1v) is 11.2. The smallest absolute Gasteiger partial charge is 0.275 e. The van der Waals surface area contributed by atoms with E-state index in [-0.39, 0.29) is 18.2 Å². The van der Waals surface area contributed by atoms with Gasteiger partial charge in [0, 0.05) is 37.2 Å². The van der Waals surface area contributed by atoms with Crippen LogP contribution in [0.25, 0.3) is 10.6 Å². The highest BCUT2D eigenvalue weighted by molar-refractivity contribution is 7.13. The Morgan fingerprint density at radius 3 is 2.82 bits per heavy atom. The molecule has 3 aromatic rings. The van der Waals surface area contributed by atoms with Crippen LogP contribution >= 0.6 is 11.3 Å². The molecule has 0 aromatic carbocycles. The van der Waals surface area contributed by atoms with Crippen molar-refractivity contribution in [1.82, 2.24) is 19.7 Å². The number of nitrogens with zero attached hydrogens (tertiary/aromatic N) is 4. The van der Waals surface area contributed by atoms with E-state index >= 15 is 0 Å². The normalized spacial score (nSPS) is 20.8. The molecule has 1 saturated heterocycles. The summed E-state index contributed by atoms with van der Waals surface area (Å²) in [7, 11) is 1.74. The number of halogens is 1. The van der Waals surface area contributed by atoms with Gasteiger partial charge in [0.2, 0.25) is 5.91 Å². The highest BCUT2D eigenvalue weighted by Crippen LogP contribution is 2.33. The topological polar surface area (TPSA) is 137 Å². The number of alkyl halides is 1. The molecule has 10 nitrogen and oxygen atoms in total. The van der Waals surface area contributed by atoms with Crippen molar-refractivity contribution in [2.24, 2.45) is 12.8 Å². The third-order valence-electron chi connectivity index (χ3n) is 5.27. The Labute approximate surface area is 193 Å². The lowest BCUT2D eigenvalue weighted by molar-refractivity contribution is -0.114.